The molecule has 1 N–H and O–H groups in total. The Bertz CT molecular complexity index is 295. The minimum Gasteiger partial charge on any atom is -0.393 e. The molecular weight excluding hydrogens is 248 g/mol. The number of hydrogen-bond donors (Lipinski definition) is 1. The number of ketones is 1. The highest BCUT2D eigenvalue weighted by atomic mass is 16.3. The van der Waals surface area contributed by atoms with Crippen molar-refractivity contribution in [2.45, 2.75) is 84.2 Å². The maximum absolute atomic E-state index is 11.5. The maximum Gasteiger partial charge on any atom is 0.132 e. The van der Waals surface area contributed by atoms with Crippen LogP contribution in [0.4, 0.5) is 0 Å². The summed E-state index contributed by atoms with van der Waals surface area (Å²) in [6.07, 6.45) is 10.8. The lowest BCUT2D eigenvalue weighted by atomic mass is 9.65. The molecule has 116 valence electrons. The number of aliphatic hydroxyl groups is 1. The minimum atomic E-state index is -0.0452. The van der Waals surface area contributed by atoms with Gasteiger partial charge in [-0.2, -0.15) is 0 Å². The van der Waals surface area contributed by atoms with Gasteiger partial charge < -0.3 is 5.11 Å². The van der Waals surface area contributed by atoms with Gasteiger partial charge in [0.25, 0.3) is 0 Å². The van der Waals surface area contributed by atoms with Crippen LogP contribution < -0.4 is 0 Å². The molecule has 2 atom stereocenters. The molecule has 2 nitrogen and oxygen atoms in total. The Kier molecular flexibility index (Phi) is 6.07. The molecule has 0 unspecified atom stereocenters. The van der Waals surface area contributed by atoms with Gasteiger partial charge in [0.15, 0.2) is 0 Å². The average molecular weight is 280 g/mol. The topological polar surface area (TPSA) is 37.3 Å². The Labute approximate surface area is 124 Å². The zero-order chi connectivity index (χ0) is 14.5. The Morgan fingerprint density at radius 3 is 1.80 bits per heavy atom. The molecule has 2 fully saturated rings. The third-order valence-corrected chi connectivity index (χ3v) is 6.03. The van der Waals surface area contributed by atoms with E-state index in [0.29, 0.717) is 5.78 Å². The third kappa shape index (κ3) is 3.84. The zero-order valence-electron chi connectivity index (χ0n) is 13.3. The molecule has 20 heavy (non-hydrogen) atoms. The number of aliphatic hydroxyl groups excluding tert-OH is 1. The van der Waals surface area contributed by atoms with Crippen LogP contribution in [-0.4, -0.2) is 17.0 Å². The first-order valence-corrected chi connectivity index (χ1v) is 8.85. The van der Waals surface area contributed by atoms with Crippen molar-refractivity contribution >= 4 is 5.78 Å². The van der Waals surface area contributed by atoms with E-state index in [1.54, 1.807) is 0 Å². The van der Waals surface area contributed by atoms with E-state index < -0.39 is 0 Å². The number of carbonyl (C=O) groups is 1. The monoisotopic (exact) mass is 280 g/mol. The summed E-state index contributed by atoms with van der Waals surface area (Å²) >= 11 is 0. The van der Waals surface area contributed by atoms with E-state index in [1.165, 1.54) is 25.7 Å². The van der Waals surface area contributed by atoms with Gasteiger partial charge in [0.1, 0.15) is 5.78 Å². The second-order valence-electron chi connectivity index (χ2n) is 7.09. The minimum absolute atomic E-state index is 0.0452. The smallest absolute Gasteiger partial charge is 0.132 e. The van der Waals surface area contributed by atoms with Crippen molar-refractivity contribution in [1.29, 1.82) is 0 Å². The summed E-state index contributed by atoms with van der Waals surface area (Å²) in [6, 6.07) is 0. The van der Waals surface area contributed by atoms with E-state index in [9.17, 15) is 9.90 Å². The van der Waals surface area contributed by atoms with Gasteiger partial charge in [0, 0.05) is 12.8 Å². The van der Waals surface area contributed by atoms with E-state index in [4.69, 9.17) is 0 Å². The third-order valence-electron chi connectivity index (χ3n) is 6.03. The van der Waals surface area contributed by atoms with Gasteiger partial charge >= 0.3 is 0 Å². The Morgan fingerprint density at radius 1 is 0.900 bits per heavy atom. The van der Waals surface area contributed by atoms with Crippen molar-refractivity contribution in [2.24, 2.45) is 23.7 Å². The van der Waals surface area contributed by atoms with Crippen LogP contribution in [0, 0.1) is 23.7 Å². The van der Waals surface area contributed by atoms with Crippen LogP contribution in [0.2, 0.25) is 0 Å². The van der Waals surface area contributed by atoms with Crippen molar-refractivity contribution in [2.75, 3.05) is 0 Å². The van der Waals surface area contributed by atoms with Crippen LogP contribution in [0.25, 0.3) is 0 Å². The molecule has 0 bridgehead atoms. The van der Waals surface area contributed by atoms with Crippen LogP contribution in [0.1, 0.15) is 78.1 Å². The lowest BCUT2D eigenvalue weighted by molar-refractivity contribution is -0.121. The summed E-state index contributed by atoms with van der Waals surface area (Å²) in [6.45, 7) is 4.67. The van der Waals surface area contributed by atoms with Crippen LogP contribution in [0.3, 0.4) is 0 Å². The van der Waals surface area contributed by atoms with Gasteiger partial charge in [-0.15, -0.1) is 0 Å². The van der Waals surface area contributed by atoms with Gasteiger partial charge in [-0.05, 0) is 62.2 Å². The Hall–Kier alpha value is -0.370. The molecule has 0 aromatic heterocycles. The molecule has 0 heterocycles. The fraction of sp³-hybridized carbons (Fsp3) is 0.944. The van der Waals surface area contributed by atoms with Gasteiger partial charge in [-0.1, -0.05) is 26.7 Å². The summed E-state index contributed by atoms with van der Waals surface area (Å²) in [7, 11) is 0. The first-order valence-electron chi connectivity index (χ1n) is 8.85. The van der Waals surface area contributed by atoms with E-state index >= 15 is 0 Å². The first kappa shape index (κ1) is 16.0. The van der Waals surface area contributed by atoms with Gasteiger partial charge in [-0.3, -0.25) is 4.79 Å². The van der Waals surface area contributed by atoms with Crippen LogP contribution in [0.15, 0.2) is 0 Å². The molecule has 2 aliphatic rings. The lowest BCUT2D eigenvalue weighted by Gasteiger charge is -2.41. The average Bonchev–Trinajstić information content (AvgIpc) is 2.47. The highest BCUT2D eigenvalue weighted by molar-refractivity contribution is 5.79. The SMILES string of the molecule is CC[C@H](C1CCC(=O)CC1)[C@H](CC)C1CCC(O)CC1. The maximum atomic E-state index is 11.5. The van der Waals surface area contributed by atoms with Crippen LogP contribution >= 0.6 is 0 Å². The van der Waals surface area contributed by atoms with E-state index in [0.717, 1.165) is 62.2 Å². The molecule has 0 spiro atoms. The molecule has 0 saturated heterocycles. The molecule has 0 aromatic rings. The molecule has 2 heteroatoms. The molecule has 2 aliphatic carbocycles. The van der Waals surface area contributed by atoms with Gasteiger partial charge in [-0.25, -0.2) is 0 Å². The summed E-state index contributed by atoms with van der Waals surface area (Å²) in [5.74, 6) is 3.67. The number of carbonyl (C=O) groups excluding carboxylic acids is 1. The fourth-order valence-corrected chi connectivity index (χ4v) is 4.89. The van der Waals surface area contributed by atoms with Crippen LogP contribution in [-0.2, 0) is 4.79 Å². The van der Waals surface area contributed by atoms with E-state index in [2.05, 4.69) is 13.8 Å². The standard InChI is InChI=1S/C18H32O2/c1-3-17(13-5-9-15(19)10-6-13)18(4-2)14-7-11-16(20)12-8-14/h13-15,17-19H,3-12H2,1-2H3/t13?,15?,17-,18-/m1/s1. The van der Waals surface area contributed by atoms with Gasteiger partial charge in [0.05, 0.1) is 6.10 Å². The molecule has 2 rings (SSSR count). The zero-order valence-corrected chi connectivity index (χ0v) is 13.3. The fourth-order valence-electron chi connectivity index (χ4n) is 4.89. The highest BCUT2D eigenvalue weighted by Crippen LogP contribution is 2.43. The number of rotatable bonds is 5. The predicted octanol–water partition coefficient (Wildman–Crippen LogP) is 4.35. The van der Waals surface area contributed by atoms with Crippen molar-refractivity contribution < 1.29 is 9.90 Å². The second kappa shape index (κ2) is 7.59. The van der Waals surface area contributed by atoms with Crippen molar-refractivity contribution in [3.8, 4) is 0 Å². The van der Waals surface area contributed by atoms with Crippen molar-refractivity contribution in [3.63, 3.8) is 0 Å². The molecule has 0 amide bonds. The summed E-state index contributed by atoms with van der Waals surface area (Å²) in [5, 5.41) is 9.72. The largest absolute Gasteiger partial charge is 0.393 e. The highest BCUT2D eigenvalue weighted by Gasteiger charge is 2.35. The predicted molar refractivity (Wildman–Crippen MR) is 82.5 cm³/mol. The van der Waals surface area contributed by atoms with Crippen molar-refractivity contribution in [1.82, 2.24) is 0 Å². The lowest BCUT2D eigenvalue weighted by Crippen LogP contribution is -2.33. The molecular formula is C18H32O2. The Morgan fingerprint density at radius 2 is 1.35 bits per heavy atom. The van der Waals surface area contributed by atoms with E-state index in [1.807, 2.05) is 0 Å². The molecule has 0 radical (unpaired) electrons. The quantitative estimate of drug-likeness (QED) is 0.813. The summed E-state index contributed by atoms with van der Waals surface area (Å²) in [4.78, 5) is 11.5. The number of Topliss-reactive ketones (excluding diaryl/α,β-unsaturated/α-hetero) is 1. The van der Waals surface area contributed by atoms with E-state index in [-0.39, 0.29) is 6.10 Å². The van der Waals surface area contributed by atoms with Crippen LogP contribution in [0.5, 0.6) is 0 Å². The second-order valence-corrected chi connectivity index (χ2v) is 7.09. The molecule has 0 aliphatic heterocycles. The normalized spacial score (nSPS) is 32.0. The molecule has 0 aromatic carbocycles. The number of hydrogen-bond acceptors (Lipinski definition) is 2. The summed E-state index contributed by atoms with van der Waals surface area (Å²) < 4.78 is 0. The Balaban J connectivity index is 1.97. The first-order chi connectivity index (χ1) is 9.65. The summed E-state index contributed by atoms with van der Waals surface area (Å²) in [5.41, 5.74) is 0. The van der Waals surface area contributed by atoms with Crippen molar-refractivity contribution in [3.05, 3.63) is 0 Å². The van der Waals surface area contributed by atoms with Gasteiger partial charge in [0.2, 0.25) is 0 Å². The molecule has 2 saturated carbocycles.